The molecule has 1 saturated carbocycles. The lowest BCUT2D eigenvalue weighted by molar-refractivity contribution is 0.0221. The first-order valence-corrected chi connectivity index (χ1v) is 6.44. The Balaban J connectivity index is 1.75. The van der Waals surface area contributed by atoms with Crippen LogP contribution in [0.3, 0.4) is 0 Å². The Kier molecular flexibility index (Phi) is 2.69. The molecule has 92 valence electrons. The van der Waals surface area contributed by atoms with E-state index in [9.17, 15) is 5.11 Å². The Morgan fingerprint density at radius 1 is 1.41 bits per heavy atom. The van der Waals surface area contributed by atoms with E-state index in [0.717, 1.165) is 6.54 Å². The molecule has 2 atom stereocenters. The van der Waals surface area contributed by atoms with Crippen molar-refractivity contribution in [2.45, 2.75) is 44.0 Å². The average Bonchev–Trinajstić information content (AvgIpc) is 3.04. The van der Waals surface area contributed by atoms with Crippen LogP contribution in [0, 0.1) is 0 Å². The molecule has 2 aliphatic rings. The van der Waals surface area contributed by atoms with Crippen LogP contribution in [-0.4, -0.2) is 23.3 Å². The van der Waals surface area contributed by atoms with Gasteiger partial charge in [0.2, 0.25) is 0 Å². The van der Waals surface area contributed by atoms with Gasteiger partial charge in [0.15, 0.2) is 0 Å². The first-order valence-electron chi connectivity index (χ1n) is 6.44. The van der Waals surface area contributed by atoms with E-state index in [0.29, 0.717) is 12.6 Å². The Morgan fingerprint density at radius 3 is 2.94 bits per heavy atom. The minimum atomic E-state index is -0.727. The molecule has 3 nitrogen and oxygen atoms in total. The van der Waals surface area contributed by atoms with E-state index in [1.807, 2.05) is 13.0 Å². The minimum Gasteiger partial charge on any atom is -0.387 e. The second-order valence-electron chi connectivity index (χ2n) is 5.53. The normalized spacial score (nSPS) is 26.6. The molecule has 1 aromatic rings. The van der Waals surface area contributed by atoms with Crippen LogP contribution < -0.4 is 10.6 Å². The molecule has 0 aromatic heterocycles. The molecule has 0 bridgehead atoms. The van der Waals surface area contributed by atoms with Gasteiger partial charge in [-0.2, -0.15) is 0 Å². The highest BCUT2D eigenvalue weighted by molar-refractivity contribution is 5.35. The van der Waals surface area contributed by atoms with Crippen molar-refractivity contribution in [2.24, 2.45) is 0 Å². The summed E-state index contributed by atoms with van der Waals surface area (Å²) in [4.78, 5) is 0. The fourth-order valence-corrected chi connectivity index (χ4v) is 2.59. The molecular formula is C14H20N2O. The zero-order chi connectivity index (χ0) is 11.9. The van der Waals surface area contributed by atoms with E-state index in [1.54, 1.807) is 0 Å². The van der Waals surface area contributed by atoms with Gasteiger partial charge in [0, 0.05) is 19.1 Å². The Labute approximate surface area is 102 Å². The molecule has 0 spiro atoms. The van der Waals surface area contributed by atoms with Crippen LogP contribution in [0.2, 0.25) is 0 Å². The van der Waals surface area contributed by atoms with E-state index < -0.39 is 5.60 Å². The zero-order valence-corrected chi connectivity index (χ0v) is 10.2. The van der Waals surface area contributed by atoms with Crippen molar-refractivity contribution >= 4 is 0 Å². The van der Waals surface area contributed by atoms with E-state index in [2.05, 4.69) is 28.8 Å². The molecule has 1 fully saturated rings. The minimum absolute atomic E-state index is 0.0462. The summed E-state index contributed by atoms with van der Waals surface area (Å²) in [7, 11) is 0. The molecule has 1 heterocycles. The molecule has 1 aliphatic carbocycles. The molecular weight excluding hydrogens is 212 g/mol. The topological polar surface area (TPSA) is 44.3 Å². The summed E-state index contributed by atoms with van der Waals surface area (Å²) in [5, 5.41) is 17.4. The zero-order valence-electron chi connectivity index (χ0n) is 10.2. The van der Waals surface area contributed by atoms with Gasteiger partial charge in [-0.3, -0.25) is 0 Å². The lowest BCUT2D eigenvalue weighted by atomic mass is 9.90. The summed E-state index contributed by atoms with van der Waals surface area (Å²) < 4.78 is 0. The van der Waals surface area contributed by atoms with Gasteiger partial charge >= 0.3 is 0 Å². The third-order valence-corrected chi connectivity index (χ3v) is 3.81. The maximum Gasteiger partial charge on any atom is 0.0937 e. The Bertz CT molecular complexity index is 412. The molecule has 2 unspecified atom stereocenters. The molecule has 3 N–H and O–H groups in total. The van der Waals surface area contributed by atoms with E-state index in [1.165, 1.54) is 24.0 Å². The Morgan fingerprint density at radius 2 is 2.18 bits per heavy atom. The number of rotatable bonds is 4. The predicted molar refractivity (Wildman–Crippen MR) is 67.7 cm³/mol. The van der Waals surface area contributed by atoms with Crippen molar-refractivity contribution < 1.29 is 5.11 Å². The smallest absolute Gasteiger partial charge is 0.0937 e. The van der Waals surface area contributed by atoms with Crippen molar-refractivity contribution in [2.75, 3.05) is 6.54 Å². The van der Waals surface area contributed by atoms with Crippen LogP contribution in [0.25, 0.3) is 0 Å². The summed E-state index contributed by atoms with van der Waals surface area (Å²) >= 11 is 0. The van der Waals surface area contributed by atoms with Crippen LogP contribution in [0.4, 0.5) is 0 Å². The lowest BCUT2D eigenvalue weighted by Crippen LogP contribution is -2.47. The highest BCUT2D eigenvalue weighted by Gasteiger charge is 2.38. The van der Waals surface area contributed by atoms with Crippen molar-refractivity contribution in [1.29, 1.82) is 0 Å². The van der Waals surface area contributed by atoms with E-state index >= 15 is 0 Å². The second-order valence-corrected chi connectivity index (χ2v) is 5.53. The van der Waals surface area contributed by atoms with E-state index in [-0.39, 0.29) is 6.04 Å². The maximum atomic E-state index is 10.6. The summed E-state index contributed by atoms with van der Waals surface area (Å²) in [6.07, 6.45) is 2.51. The molecule has 0 saturated heterocycles. The standard InChI is InChI=1S/C14H20N2O/c1-14(17,9-16-11-6-7-11)13-12-5-3-2-4-10(12)8-15-13/h2-5,11,13,15-17H,6-9H2,1H3. The van der Waals surface area contributed by atoms with Gasteiger partial charge in [-0.1, -0.05) is 24.3 Å². The fraction of sp³-hybridized carbons (Fsp3) is 0.571. The highest BCUT2D eigenvalue weighted by Crippen LogP contribution is 2.33. The van der Waals surface area contributed by atoms with Crippen LogP contribution in [0.1, 0.15) is 36.9 Å². The van der Waals surface area contributed by atoms with Gasteiger partial charge in [-0.15, -0.1) is 0 Å². The quantitative estimate of drug-likeness (QED) is 0.734. The maximum absolute atomic E-state index is 10.6. The first kappa shape index (κ1) is 11.2. The number of fused-ring (bicyclic) bond motifs is 1. The fourth-order valence-electron chi connectivity index (χ4n) is 2.59. The number of hydrogen-bond acceptors (Lipinski definition) is 3. The molecule has 1 aromatic carbocycles. The summed E-state index contributed by atoms with van der Waals surface area (Å²) in [6, 6.07) is 9.03. The van der Waals surface area contributed by atoms with Crippen LogP contribution in [0.15, 0.2) is 24.3 Å². The summed E-state index contributed by atoms with van der Waals surface area (Å²) in [6.45, 7) is 3.44. The second kappa shape index (κ2) is 4.09. The molecule has 3 heteroatoms. The third-order valence-electron chi connectivity index (χ3n) is 3.81. The summed E-state index contributed by atoms with van der Waals surface area (Å²) in [5.41, 5.74) is 1.83. The monoisotopic (exact) mass is 232 g/mol. The van der Waals surface area contributed by atoms with Gasteiger partial charge in [-0.25, -0.2) is 0 Å². The van der Waals surface area contributed by atoms with Gasteiger partial charge in [0.25, 0.3) is 0 Å². The molecule has 17 heavy (non-hydrogen) atoms. The number of hydrogen-bond donors (Lipinski definition) is 3. The van der Waals surface area contributed by atoms with Gasteiger partial charge < -0.3 is 15.7 Å². The van der Waals surface area contributed by atoms with Crippen molar-refractivity contribution in [1.82, 2.24) is 10.6 Å². The van der Waals surface area contributed by atoms with Crippen molar-refractivity contribution in [3.05, 3.63) is 35.4 Å². The molecule has 0 radical (unpaired) electrons. The van der Waals surface area contributed by atoms with E-state index in [4.69, 9.17) is 0 Å². The molecule has 0 amide bonds. The number of aliphatic hydroxyl groups is 1. The average molecular weight is 232 g/mol. The molecule has 1 aliphatic heterocycles. The largest absolute Gasteiger partial charge is 0.387 e. The highest BCUT2D eigenvalue weighted by atomic mass is 16.3. The third kappa shape index (κ3) is 2.23. The van der Waals surface area contributed by atoms with Crippen molar-refractivity contribution in [3.8, 4) is 0 Å². The lowest BCUT2D eigenvalue weighted by Gasteiger charge is -2.31. The van der Waals surface area contributed by atoms with Crippen molar-refractivity contribution in [3.63, 3.8) is 0 Å². The van der Waals surface area contributed by atoms with Gasteiger partial charge in [-0.05, 0) is 30.9 Å². The molecule has 3 rings (SSSR count). The van der Waals surface area contributed by atoms with Crippen LogP contribution >= 0.6 is 0 Å². The van der Waals surface area contributed by atoms with Crippen LogP contribution in [-0.2, 0) is 6.54 Å². The van der Waals surface area contributed by atoms with Gasteiger partial charge in [0.05, 0.1) is 11.6 Å². The first-order chi connectivity index (χ1) is 8.17. The SMILES string of the molecule is CC(O)(CNC1CC1)C1NCc2ccccc21. The predicted octanol–water partition coefficient (Wildman–Crippen LogP) is 1.33. The van der Waals surface area contributed by atoms with Crippen LogP contribution in [0.5, 0.6) is 0 Å². The van der Waals surface area contributed by atoms with Gasteiger partial charge in [0.1, 0.15) is 0 Å². The number of benzene rings is 1. The number of nitrogens with one attached hydrogen (secondary N) is 2. The Hall–Kier alpha value is -0.900. The summed E-state index contributed by atoms with van der Waals surface area (Å²) in [5.74, 6) is 0.